The van der Waals surface area contributed by atoms with Crippen molar-refractivity contribution in [1.29, 1.82) is 0 Å². The maximum absolute atomic E-state index is 9.84. The summed E-state index contributed by atoms with van der Waals surface area (Å²) in [6.45, 7) is 3.46. The molecule has 3 heteroatoms. The minimum absolute atomic E-state index is 0. The minimum atomic E-state index is -0.730. The van der Waals surface area contributed by atoms with Crippen LogP contribution in [0.4, 0.5) is 0 Å². The number of carboxylic acids is 1. The Morgan fingerprint density at radius 3 is 2.56 bits per heavy atom. The Kier molecular flexibility index (Phi) is 10.7. The van der Waals surface area contributed by atoms with Crippen LogP contribution in [-0.2, 0) is 4.79 Å². The molecule has 52 valence electrons. The van der Waals surface area contributed by atoms with Crippen molar-refractivity contribution in [3.8, 4) is 0 Å². The van der Waals surface area contributed by atoms with Crippen molar-refractivity contribution in [3.05, 3.63) is 12.7 Å². The Balaban J connectivity index is 0. The second kappa shape index (κ2) is 8.13. The van der Waals surface area contributed by atoms with Gasteiger partial charge >= 0.3 is 33.3 Å². The fourth-order valence-electron chi connectivity index (χ4n) is 0.398. The standard InChI is InChI=1S/C6H10O2.Pb.2H/c1-2-3-4-5-6(7)8;;;/h2H,1,3-5H2,(H,7,8);;;. The van der Waals surface area contributed by atoms with Gasteiger partial charge in [0.2, 0.25) is 0 Å². The summed E-state index contributed by atoms with van der Waals surface area (Å²) in [6.07, 6.45) is 3.49. The van der Waals surface area contributed by atoms with E-state index in [0.717, 1.165) is 6.42 Å². The van der Waals surface area contributed by atoms with Gasteiger partial charge in [-0.15, -0.1) is 6.58 Å². The molecule has 0 amide bonds. The van der Waals surface area contributed by atoms with Crippen LogP contribution in [0.1, 0.15) is 19.3 Å². The molecule has 0 fully saturated rings. The monoisotopic (exact) mass is 324 g/mol. The number of carbonyl (C=O) groups is 1. The third kappa shape index (κ3) is 11.6. The number of aliphatic carboxylic acids is 1. The van der Waals surface area contributed by atoms with E-state index in [1.54, 1.807) is 6.08 Å². The van der Waals surface area contributed by atoms with Crippen LogP contribution in [0, 0.1) is 0 Å². The first-order chi connectivity index (χ1) is 3.77. The number of hydrogen-bond acceptors (Lipinski definition) is 1. The average Bonchev–Trinajstić information content (AvgIpc) is 1.66. The molecule has 0 aliphatic rings. The van der Waals surface area contributed by atoms with Crippen molar-refractivity contribution in [2.45, 2.75) is 19.3 Å². The quantitative estimate of drug-likeness (QED) is 0.465. The van der Waals surface area contributed by atoms with Gasteiger partial charge in [0.25, 0.3) is 0 Å². The van der Waals surface area contributed by atoms with E-state index in [4.69, 9.17) is 5.11 Å². The van der Waals surface area contributed by atoms with E-state index in [1.165, 1.54) is 0 Å². The second-order valence-electron chi connectivity index (χ2n) is 1.57. The van der Waals surface area contributed by atoms with Gasteiger partial charge < -0.3 is 5.11 Å². The molecule has 0 spiro atoms. The zero-order chi connectivity index (χ0) is 6.41. The summed E-state index contributed by atoms with van der Waals surface area (Å²) >= 11 is 0. The van der Waals surface area contributed by atoms with Gasteiger partial charge in [-0.05, 0) is 12.8 Å². The molecule has 0 atom stereocenters. The number of allylic oxidation sites excluding steroid dienone is 1. The number of carboxylic acid groups (broad SMARTS) is 1. The van der Waals surface area contributed by atoms with Crippen LogP contribution in [-0.4, -0.2) is 38.4 Å². The van der Waals surface area contributed by atoms with Gasteiger partial charge in [0.1, 0.15) is 0 Å². The predicted octanol–water partition coefficient (Wildman–Crippen LogP) is 0.511. The molecule has 0 aromatic carbocycles. The summed E-state index contributed by atoms with van der Waals surface area (Å²) in [6, 6.07) is 0. The van der Waals surface area contributed by atoms with Gasteiger partial charge in [-0.2, -0.15) is 0 Å². The molecule has 0 bridgehead atoms. The fourth-order valence-corrected chi connectivity index (χ4v) is 0.398. The van der Waals surface area contributed by atoms with Crippen LogP contribution in [0.15, 0.2) is 12.7 Å². The van der Waals surface area contributed by atoms with E-state index in [1.807, 2.05) is 0 Å². The molecule has 0 aliphatic heterocycles. The van der Waals surface area contributed by atoms with E-state index in [2.05, 4.69) is 6.58 Å². The summed E-state index contributed by atoms with van der Waals surface area (Å²) in [5, 5.41) is 8.11. The summed E-state index contributed by atoms with van der Waals surface area (Å²) in [5.41, 5.74) is 0. The van der Waals surface area contributed by atoms with Crippen LogP contribution in [0.5, 0.6) is 0 Å². The van der Waals surface area contributed by atoms with E-state index in [-0.39, 0.29) is 33.7 Å². The number of rotatable bonds is 4. The van der Waals surface area contributed by atoms with Crippen LogP contribution >= 0.6 is 0 Å². The SMILES string of the molecule is C=CCCCC(=O)O.[PbH2]. The third-order valence-corrected chi connectivity index (χ3v) is 0.799. The van der Waals surface area contributed by atoms with E-state index in [9.17, 15) is 4.79 Å². The molecular weight excluding hydrogens is 311 g/mol. The van der Waals surface area contributed by atoms with Crippen LogP contribution in [0.25, 0.3) is 0 Å². The van der Waals surface area contributed by atoms with Crippen molar-refractivity contribution in [3.63, 3.8) is 0 Å². The zero-order valence-corrected chi connectivity index (χ0v) is 11.0. The van der Waals surface area contributed by atoms with Crippen molar-refractivity contribution >= 4 is 33.3 Å². The molecule has 0 unspecified atom stereocenters. The Bertz CT molecular complexity index is 91.1. The first-order valence-electron chi connectivity index (χ1n) is 2.60. The molecule has 2 radical (unpaired) electrons. The molecule has 0 heterocycles. The normalized spacial score (nSPS) is 7.56. The van der Waals surface area contributed by atoms with E-state index in [0.29, 0.717) is 6.42 Å². The van der Waals surface area contributed by atoms with E-state index >= 15 is 0 Å². The van der Waals surface area contributed by atoms with Crippen molar-refractivity contribution in [1.82, 2.24) is 0 Å². The molecule has 2 nitrogen and oxygen atoms in total. The Morgan fingerprint density at radius 2 is 2.22 bits per heavy atom. The van der Waals surface area contributed by atoms with Crippen LogP contribution in [0.3, 0.4) is 0 Å². The fraction of sp³-hybridized carbons (Fsp3) is 0.500. The summed E-state index contributed by atoms with van der Waals surface area (Å²) < 4.78 is 0. The Labute approximate surface area is 75.1 Å². The summed E-state index contributed by atoms with van der Waals surface area (Å²) in [5.74, 6) is -0.730. The van der Waals surface area contributed by atoms with Gasteiger partial charge in [-0.3, -0.25) is 4.79 Å². The van der Waals surface area contributed by atoms with Gasteiger partial charge in [-0.1, -0.05) is 6.08 Å². The van der Waals surface area contributed by atoms with Gasteiger partial charge in [0.15, 0.2) is 0 Å². The molecule has 0 aromatic rings. The number of hydrogen-bond donors (Lipinski definition) is 1. The molecule has 0 rings (SSSR count). The average molecular weight is 323 g/mol. The van der Waals surface area contributed by atoms with E-state index < -0.39 is 5.97 Å². The van der Waals surface area contributed by atoms with Crippen molar-refractivity contribution in [2.75, 3.05) is 0 Å². The van der Waals surface area contributed by atoms with Crippen LogP contribution in [0.2, 0.25) is 0 Å². The van der Waals surface area contributed by atoms with Gasteiger partial charge in [-0.25, -0.2) is 0 Å². The molecule has 1 N–H and O–H groups in total. The predicted molar refractivity (Wildman–Crippen MR) is 40.2 cm³/mol. The van der Waals surface area contributed by atoms with Crippen LogP contribution < -0.4 is 0 Å². The molecule has 9 heavy (non-hydrogen) atoms. The molecule has 0 aliphatic carbocycles. The summed E-state index contributed by atoms with van der Waals surface area (Å²) in [4.78, 5) is 9.84. The zero-order valence-electron chi connectivity index (χ0n) is 5.47. The maximum atomic E-state index is 9.84. The molecule has 0 saturated heterocycles. The second-order valence-corrected chi connectivity index (χ2v) is 1.57. The Morgan fingerprint density at radius 1 is 1.67 bits per heavy atom. The first-order valence-corrected chi connectivity index (χ1v) is 2.60. The molecule has 0 aromatic heterocycles. The summed E-state index contributed by atoms with van der Waals surface area (Å²) in [7, 11) is 0. The van der Waals surface area contributed by atoms with Gasteiger partial charge in [0, 0.05) is 6.42 Å². The number of unbranched alkanes of at least 4 members (excludes halogenated alkanes) is 1. The topological polar surface area (TPSA) is 37.3 Å². The van der Waals surface area contributed by atoms with Crippen molar-refractivity contribution in [2.24, 2.45) is 0 Å². The van der Waals surface area contributed by atoms with Crippen molar-refractivity contribution < 1.29 is 9.90 Å². The molecular formula is C6H12O2Pb. The van der Waals surface area contributed by atoms with Gasteiger partial charge in [0.05, 0.1) is 0 Å². The third-order valence-electron chi connectivity index (χ3n) is 0.799. The first kappa shape index (κ1) is 11.9. The Hall–Kier alpha value is 0.132. The molecule has 0 saturated carbocycles.